The number of phenolic OH excluding ortho intramolecular Hbond substituents is 1. The SMILES string of the molecule is CCC(NC1CC1(C)C)c1cc(Br)ccc1O. The molecule has 0 radical (unpaired) electrons. The minimum atomic E-state index is 0.235. The lowest BCUT2D eigenvalue weighted by Crippen LogP contribution is -2.26. The van der Waals surface area contributed by atoms with E-state index < -0.39 is 0 Å². The Morgan fingerprint density at radius 3 is 2.71 bits per heavy atom. The number of nitrogens with one attached hydrogen (secondary N) is 1. The lowest BCUT2D eigenvalue weighted by atomic mass is 10.0. The Hall–Kier alpha value is -0.540. The molecular weight excluding hydrogens is 278 g/mol. The first kappa shape index (κ1) is 12.9. The summed E-state index contributed by atoms with van der Waals surface area (Å²) in [6.45, 7) is 6.70. The number of rotatable bonds is 4. The molecule has 0 saturated heterocycles. The fourth-order valence-corrected chi connectivity index (χ4v) is 2.61. The number of phenols is 1. The summed E-state index contributed by atoms with van der Waals surface area (Å²) < 4.78 is 1.01. The van der Waals surface area contributed by atoms with Crippen molar-refractivity contribution >= 4 is 15.9 Å². The second-order valence-electron chi connectivity index (χ2n) is 5.58. The van der Waals surface area contributed by atoms with Gasteiger partial charge < -0.3 is 10.4 Å². The maximum Gasteiger partial charge on any atom is 0.120 e. The average molecular weight is 298 g/mol. The fraction of sp³-hybridized carbons (Fsp3) is 0.571. The van der Waals surface area contributed by atoms with Gasteiger partial charge in [-0.05, 0) is 36.5 Å². The van der Waals surface area contributed by atoms with Crippen LogP contribution in [0.3, 0.4) is 0 Å². The molecule has 0 aliphatic heterocycles. The van der Waals surface area contributed by atoms with E-state index in [1.165, 1.54) is 6.42 Å². The Morgan fingerprint density at radius 2 is 2.18 bits per heavy atom. The molecule has 1 aromatic carbocycles. The van der Waals surface area contributed by atoms with E-state index in [4.69, 9.17) is 0 Å². The largest absolute Gasteiger partial charge is 0.508 e. The predicted molar refractivity (Wildman–Crippen MR) is 74.2 cm³/mol. The van der Waals surface area contributed by atoms with Crippen LogP contribution in [0.5, 0.6) is 5.75 Å². The van der Waals surface area contributed by atoms with Crippen molar-refractivity contribution in [2.24, 2.45) is 5.41 Å². The Labute approximate surface area is 112 Å². The van der Waals surface area contributed by atoms with Gasteiger partial charge in [-0.25, -0.2) is 0 Å². The molecule has 17 heavy (non-hydrogen) atoms. The van der Waals surface area contributed by atoms with Crippen LogP contribution >= 0.6 is 15.9 Å². The maximum absolute atomic E-state index is 9.94. The van der Waals surface area contributed by atoms with Crippen molar-refractivity contribution in [1.29, 1.82) is 0 Å². The van der Waals surface area contributed by atoms with Gasteiger partial charge in [0.1, 0.15) is 5.75 Å². The number of benzene rings is 1. The molecule has 2 rings (SSSR count). The zero-order valence-electron chi connectivity index (χ0n) is 10.6. The standard InChI is InChI=1S/C14H20BrNO/c1-4-11(16-13-8-14(13,2)3)10-7-9(15)5-6-12(10)17/h5-7,11,13,16-17H,4,8H2,1-3H3. The quantitative estimate of drug-likeness (QED) is 0.881. The summed E-state index contributed by atoms with van der Waals surface area (Å²) in [6, 6.07) is 6.44. The second kappa shape index (κ2) is 4.62. The molecule has 1 aliphatic rings. The lowest BCUT2D eigenvalue weighted by Gasteiger charge is -2.20. The predicted octanol–water partition coefficient (Wildman–Crippen LogP) is 3.99. The number of halogens is 1. The molecule has 2 atom stereocenters. The van der Waals surface area contributed by atoms with Gasteiger partial charge in [0.05, 0.1) is 0 Å². The van der Waals surface area contributed by atoms with Crippen molar-refractivity contribution < 1.29 is 5.11 Å². The van der Waals surface area contributed by atoms with Gasteiger partial charge in [0.25, 0.3) is 0 Å². The molecule has 1 fully saturated rings. The Kier molecular flexibility index (Phi) is 3.50. The normalized spacial score (nSPS) is 23.4. The Balaban J connectivity index is 2.15. The van der Waals surface area contributed by atoms with Gasteiger partial charge in [0.15, 0.2) is 0 Å². The third-order valence-electron chi connectivity index (χ3n) is 3.69. The van der Waals surface area contributed by atoms with E-state index in [0.717, 1.165) is 16.5 Å². The zero-order chi connectivity index (χ0) is 12.6. The van der Waals surface area contributed by atoms with E-state index in [2.05, 4.69) is 42.0 Å². The van der Waals surface area contributed by atoms with Gasteiger partial charge in [-0.3, -0.25) is 0 Å². The van der Waals surface area contributed by atoms with Crippen molar-refractivity contribution in [3.63, 3.8) is 0 Å². The van der Waals surface area contributed by atoms with Crippen LogP contribution in [0, 0.1) is 5.41 Å². The molecule has 2 N–H and O–H groups in total. The zero-order valence-corrected chi connectivity index (χ0v) is 12.2. The van der Waals surface area contributed by atoms with Crippen molar-refractivity contribution in [3.05, 3.63) is 28.2 Å². The molecule has 2 unspecified atom stereocenters. The van der Waals surface area contributed by atoms with E-state index in [1.54, 1.807) is 6.07 Å². The third-order valence-corrected chi connectivity index (χ3v) is 4.18. The monoisotopic (exact) mass is 297 g/mol. The Morgan fingerprint density at radius 1 is 1.53 bits per heavy atom. The molecule has 3 heteroatoms. The van der Waals surface area contributed by atoms with E-state index in [0.29, 0.717) is 17.2 Å². The van der Waals surface area contributed by atoms with Crippen LogP contribution < -0.4 is 5.32 Å². The van der Waals surface area contributed by atoms with Crippen LogP contribution in [-0.2, 0) is 0 Å². The summed E-state index contributed by atoms with van der Waals surface area (Å²) in [4.78, 5) is 0. The highest BCUT2D eigenvalue weighted by atomic mass is 79.9. The molecular formula is C14H20BrNO. The minimum Gasteiger partial charge on any atom is -0.508 e. The van der Waals surface area contributed by atoms with Gasteiger partial charge in [-0.2, -0.15) is 0 Å². The first-order chi connectivity index (χ1) is 7.94. The van der Waals surface area contributed by atoms with E-state index in [1.807, 2.05) is 12.1 Å². The van der Waals surface area contributed by atoms with Crippen LogP contribution in [0.4, 0.5) is 0 Å². The van der Waals surface area contributed by atoms with E-state index in [-0.39, 0.29) is 6.04 Å². The molecule has 0 heterocycles. The fourth-order valence-electron chi connectivity index (χ4n) is 2.23. The first-order valence-corrected chi connectivity index (χ1v) is 6.98. The summed E-state index contributed by atoms with van der Waals surface area (Å²) in [5.74, 6) is 0.381. The molecule has 0 amide bonds. The lowest BCUT2D eigenvalue weighted by molar-refractivity contribution is 0.424. The van der Waals surface area contributed by atoms with Gasteiger partial charge >= 0.3 is 0 Å². The van der Waals surface area contributed by atoms with Crippen LogP contribution in [0.25, 0.3) is 0 Å². The van der Waals surface area contributed by atoms with Crippen molar-refractivity contribution in [3.8, 4) is 5.75 Å². The summed E-state index contributed by atoms with van der Waals surface area (Å²) in [6.07, 6.45) is 2.20. The van der Waals surface area contributed by atoms with Crippen LogP contribution in [-0.4, -0.2) is 11.1 Å². The molecule has 94 valence electrons. The second-order valence-corrected chi connectivity index (χ2v) is 6.49. The average Bonchev–Trinajstić information content (AvgIpc) is 2.86. The smallest absolute Gasteiger partial charge is 0.120 e. The van der Waals surface area contributed by atoms with Crippen molar-refractivity contribution in [2.45, 2.75) is 45.7 Å². The molecule has 1 saturated carbocycles. The third kappa shape index (κ3) is 2.83. The molecule has 0 bridgehead atoms. The number of hydrogen-bond acceptors (Lipinski definition) is 2. The summed E-state index contributed by atoms with van der Waals surface area (Å²) in [7, 11) is 0. The summed E-state index contributed by atoms with van der Waals surface area (Å²) in [5, 5.41) is 13.6. The maximum atomic E-state index is 9.94. The molecule has 0 spiro atoms. The van der Waals surface area contributed by atoms with Crippen LogP contribution in [0.15, 0.2) is 22.7 Å². The van der Waals surface area contributed by atoms with Crippen molar-refractivity contribution in [2.75, 3.05) is 0 Å². The van der Waals surface area contributed by atoms with Gasteiger partial charge in [-0.15, -0.1) is 0 Å². The van der Waals surface area contributed by atoms with Gasteiger partial charge in [0, 0.05) is 22.1 Å². The highest BCUT2D eigenvalue weighted by molar-refractivity contribution is 9.10. The minimum absolute atomic E-state index is 0.235. The molecule has 0 aromatic heterocycles. The topological polar surface area (TPSA) is 32.3 Å². The Bertz CT molecular complexity index is 417. The van der Waals surface area contributed by atoms with E-state index >= 15 is 0 Å². The van der Waals surface area contributed by atoms with Crippen LogP contribution in [0.2, 0.25) is 0 Å². The van der Waals surface area contributed by atoms with Crippen LogP contribution in [0.1, 0.15) is 45.2 Å². The molecule has 1 aromatic rings. The van der Waals surface area contributed by atoms with Crippen molar-refractivity contribution in [1.82, 2.24) is 5.32 Å². The molecule has 1 aliphatic carbocycles. The van der Waals surface area contributed by atoms with E-state index in [9.17, 15) is 5.11 Å². The molecule has 2 nitrogen and oxygen atoms in total. The highest BCUT2D eigenvalue weighted by Gasteiger charge is 2.46. The summed E-state index contributed by atoms with van der Waals surface area (Å²) in [5.41, 5.74) is 1.40. The number of aromatic hydroxyl groups is 1. The van der Waals surface area contributed by atoms with Gasteiger partial charge in [-0.1, -0.05) is 36.7 Å². The van der Waals surface area contributed by atoms with Gasteiger partial charge in [0.2, 0.25) is 0 Å². The summed E-state index contributed by atoms with van der Waals surface area (Å²) >= 11 is 3.46. The number of hydrogen-bond donors (Lipinski definition) is 2. The first-order valence-electron chi connectivity index (χ1n) is 6.18. The highest BCUT2D eigenvalue weighted by Crippen LogP contribution is 2.46.